The molecule has 4 rings (SSSR count). The lowest BCUT2D eigenvalue weighted by atomic mass is 9.45. The summed E-state index contributed by atoms with van der Waals surface area (Å²) >= 11 is 0. The molecule has 0 aromatic carbocycles. The first-order valence-corrected chi connectivity index (χ1v) is 10.4. The van der Waals surface area contributed by atoms with Gasteiger partial charge in [0.15, 0.2) is 0 Å². The maximum atomic E-state index is 10.1. The monoisotopic (exact) mass is 336 g/mol. The van der Waals surface area contributed by atoms with Gasteiger partial charge >= 0.3 is 0 Å². The first-order chi connectivity index (χ1) is 11.5. The highest BCUT2D eigenvalue weighted by molar-refractivity contribution is 5.09. The van der Waals surface area contributed by atoms with Crippen molar-refractivity contribution in [1.82, 2.24) is 0 Å². The summed E-state index contributed by atoms with van der Waals surface area (Å²) in [5, 5.41) is 19.3. The van der Waals surface area contributed by atoms with Gasteiger partial charge in [0.2, 0.25) is 0 Å². The summed E-state index contributed by atoms with van der Waals surface area (Å²) < 4.78 is 6.07. The standard InChI is InChI=1S/C21H36O3/c1-20-9-7-15(23)13-14(20)3-4-16-17-5-6-19(24-12-11-22)21(17,2)10-8-18(16)20/h14-19,22-23H,3-13H2,1-2H3/t14?,15?,16-,17-,18+,19?,20-,21-/m0/s1. The predicted octanol–water partition coefficient (Wildman–Crippen LogP) is 3.77. The van der Waals surface area contributed by atoms with Gasteiger partial charge in [-0.15, -0.1) is 0 Å². The highest BCUT2D eigenvalue weighted by atomic mass is 16.5. The molecule has 0 amide bonds. The molecule has 4 aliphatic carbocycles. The fraction of sp³-hybridized carbons (Fsp3) is 1.00. The van der Waals surface area contributed by atoms with Gasteiger partial charge in [-0.05, 0) is 92.3 Å². The molecule has 0 saturated heterocycles. The van der Waals surface area contributed by atoms with Crippen molar-refractivity contribution < 1.29 is 14.9 Å². The van der Waals surface area contributed by atoms with Crippen molar-refractivity contribution in [2.75, 3.05) is 13.2 Å². The second-order valence-electron chi connectivity index (χ2n) is 9.79. The summed E-state index contributed by atoms with van der Waals surface area (Å²) in [7, 11) is 0. The van der Waals surface area contributed by atoms with Crippen molar-refractivity contribution in [3.05, 3.63) is 0 Å². The number of hydrogen-bond acceptors (Lipinski definition) is 3. The Morgan fingerprint density at radius 1 is 0.917 bits per heavy atom. The fourth-order valence-corrected chi connectivity index (χ4v) is 7.66. The zero-order valence-corrected chi connectivity index (χ0v) is 15.5. The minimum absolute atomic E-state index is 0.0452. The second kappa shape index (κ2) is 6.25. The Morgan fingerprint density at radius 2 is 1.67 bits per heavy atom. The average molecular weight is 337 g/mol. The molecule has 0 aliphatic heterocycles. The molecule has 0 aromatic heterocycles. The summed E-state index contributed by atoms with van der Waals surface area (Å²) in [6.45, 7) is 5.67. The Hall–Kier alpha value is -0.120. The largest absolute Gasteiger partial charge is 0.394 e. The van der Waals surface area contributed by atoms with Gasteiger partial charge in [0.05, 0.1) is 25.4 Å². The highest BCUT2D eigenvalue weighted by Crippen LogP contribution is 2.66. The summed E-state index contributed by atoms with van der Waals surface area (Å²) in [6, 6.07) is 0. The molecule has 4 saturated carbocycles. The van der Waals surface area contributed by atoms with Crippen molar-refractivity contribution >= 4 is 0 Å². The minimum Gasteiger partial charge on any atom is -0.394 e. The number of rotatable bonds is 3. The van der Waals surface area contributed by atoms with Crippen LogP contribution in [0.25, 0.3) is 0 Å². The summed E-state index contributed by atoms with van der Waals surface area (Å²) in [4.78, 5) is 0. The van der Waals surface area contributed by atoms with Crippen LogP contribution in [0, 0.1) is 34.5 Å². The van der Waals surface area contributed by atoms with E-state index < -0.39 is 0 Å². The van der Waals surface area contributed by atoms with Gasteiger partial charge in [0, 0.05) is 0 Å². The third-order valence-electron chi connectivity index (χ3n) is 8.96. The Labute approximate surface area is 147 Å². The van der Waals surface area contributed by atoms with E-state index in [1.165, 1.54) is 44.9 Å². The normalized spacial score (nSPS) is 54.0. The molecule has 0 bridgehead atoms. The van der Waals surface area contributed by atoms with E-state index >= 15 is 0 Å². The SMILES string of the molecule is C[C@]12CCC(O)CC1CC[C@@H]1[C@H]2CC[C@]2(C)C(OCCO)CC[C@@H]12. The van der Waals surface area contributed by atoms with Crippen molar-refractivity contribution in [1.29, 1.82) is 0 Å². The molecule has 138 valence electrons. The van der Waals surface area contributed by atoms with Crippen LogP contribution in [0.4, 0.5) is 0 Å². The third kappa shape index (κ3) is 2.49. The van der Waals surface area contributed by atoms with Gasteiger partial charge in [0.25, 0.3) is 0 Å². The van der Waals surface area contributed by atoms with Gasteiger partial charge < -0.3 is 14.9 Å². The number of aliphatic hydroxyl groups is 2. The molecule has 0 radical (unpaired) electrons. The number of aliphatic hydroxyl groups excluding tert-OH is 2. The van der Waals surface area contributed by atoms with Crippen LogP contribution in [-0.2, 0) is 4.74 Å². The van der Waals surface area contributed by atoms with Crippen LogP contribution in [0.3, 0.4) is 0 Å². The maximum absolute atomic E-state index is 10.1. The van der Waals surface area contributed by atoms with Gasteiger partial charge in [-0.25, -0.2) is 0 Å². The van der Waals surface area contributed by atoms with Gasteiger partial charge in [-0.2, -0.15) is 0 Å². The molecule has 3 nitrogen and oxygen atoms in total. The van der Waals surface area contributed by atoms with E-state index in [-0.39, 0.29) is 12.7 Å². The average Bonchev–Trinajstić information content (AvgIpc) is 2.90. The van der Waals surface area contributed by atoms with Crippen LogP contribution < -0.4 is 0 Å². The molecular weight excluding hydrogens is 300 g/mol. The Bertz CT molecular complexity index is 466. The number of hydrogen-bond donors (Lipinski definition) is 2. The summed E-state index contributed by atoms with van der Waals surface area (Å²) in [5.41, 5.74) is 0.793. The van der Waals surface area contributed by atoms with E-state index in [1.807, 2.05) is 0 Å². The molecule has 4 fully saturated rings. The molecule has 0 spiro atoms. The van der Waals surface area contributed by atoms with E-state index in [9.17, 15) is 5.11 Å². The van der Waals surface area contributed by atoms with Gasteiger partial charge in [-0.1, -0.05) is 13.8 Å². The maximum Gasteiger partial charge on any atom is 0.0701 e. The molecule has 4 aliphatic rings. The van der Waals surface area contributed by atoms with Crippen LogP contribution >= 0.6 is 0 Å². The minimum atomic E-state index is -0.0452. The first kappa shape index (κ1) is 17.3. The Morgan fingerprint density at radius 3 is 2.46 bits per heavy atom. The zero-order valence-electron chi connectivity index (χ0n) is 15.5. The van der Waals surface area contributed by atoms with E-state index in [4.69, 9.17) is 9.84 Å². The van der Waals surface area contributed by atoms with E-state index in [0.717, 1.165) is 36.5 Å². The molecule has 2 N–H and O–H groups in total. The molecule has 8 atom stereocenters. The lowest BCUT2D eigenvalue weighted by Gasteiger charge is -2.60. The van der Waals surface area contributed by atoms with Crippen molar-refractivity contribution in [3.8, 4) is 0 Å². The van der Waals surface area contributed by atoms with Crippen LogP contribution in [0.1, 0.15) is 71.6 Å². The fourth-order valence-electron chi connectivity index (χ4n) is 7.66. The zero-order chi connectivity index (χ0) is 16.9. The molecular formula is C21H36O3. The van der Waals surface area contributed by atoms with Crippen molar-refractivity contribution in [3.63, 3.8) is 0 Å². The second-order valence-corrected chi connectivity index (χ2v) is 9.79. The topological polar surface area (TPSA) is 49.7 Å². The number of fused-ring (bicyclic) bond motifs is 5. The smallest absolute Gasteiger partial charge is 0.0701 e. The molecule has 24 heavy (non-hydrogen) atoms. The molecule has 0 aromatic rings. The molecule has 3 unspecified atom stereocenters. The Kier molecular flexibility index (Phi) is 4.50. The molecule has 3 heteroatoms. The number of ether oxygens (including phenoxy) is 1. The predicted molar refractivity (Wildman–Crippen MR) is 94.6 cm³/mol. The van der Waals surface area contributed by atoms with Crippen molar-refractivity contribution in [2.45, 2.75) is 83.8 Å². The Balaban J connectivity index is 1.54. The van der Waals surface area contributed by atoms with Crippen LogP contribution in [-0.4, -0.2) is 35.6 Å². The van der Waals surface area contributed by atoms with Gasteiger partial charge in [-0.3, -0.25) is 0 Å². The van der Waals surface area contributed by atoms with Crippen LogP contribution in [0.2, 0.25) is 0 Å². The first-order valence-electron chi connectivity index (χ1n) is 10.4. The van der Waals surface area contributed by atoms with Crippen molar-refractivity contribution in [2.24, 2.45) is 34.5 Å². The molecule has 0 heterocycles. The third-order valence-corrected chi connectivity index (χ3v) is 8.96. The van der Waals surface area contributed by atoms with E-state index in [0.29, 0.717) is 23.5 Å². The lowest BCUT2D eigenvalue weighted by Crippen LogP contribution is -2.54. The lowest BCUT2D eigenvalue weighted by molar-refractivity contribution is -0.142. The summed E-state index contributed by atoms with van der Waals surface area (Å²) in [6.07, 6.45) is 11.4. The summed E-state index contributed by atoms with van der Waals surface area (Å²) in [5.74, 6) is 3.28. The van der Waals surface area contributed by atoms with Crippen LogP contribution in [0.5, 0.6) is 0 Å². The van der Waals surface area contributed by atoms with E-state index in [2.05, 4.69) is 13.8 Å². The highest BCUT2D eigenvalue weighted by Gasteiger charge is 2.60. The van der Waals surface area contributed by atoms with Gasteiger partial charge in [0.1, 0.15) is 0 Å². The quantitative estimate of drug-likeness (QED) is 0.825. The van der Waals surface area contributed by atoms with Crippen LogP contribution in [0.15, 0.2) is 0 Å². The van der Waals surface area contributed by atoms with E-state index in [1.54, 1.807) is 0 Å².